The fraction of sp³-hybridized carbons (Fsp3) is 0.200. The number of alkyl halides is 3. The third-order valence-corrected chi connectivity index (χ3v) is 4.93. The Morgan fingerprint density at radius 3 is 2.41 bits per heavy atom. The van der Waals surface area contributed by atoms with Gasteiger partial charge in [0.2, 0.25) is 23.4 Å². The Labute approximate surface area is 177 Å². The number of carbonyl (C=O) groups is 1. The lowest BCUT2D eigenvalue weighted by Crippen LogP contribution is -2.27. The Kier molecular flexibility index (Phi) is 4.68. The van der Waals surface area contributed by atoms with Crippen LogP contribution in [-0.2, 0) is 11.0 Å². The van der Waals surface area contributed by atoms with E-state index >= 15 is 0 Å². The molecule has 1 aliphatic rings. The first-order valence-corrected chi connectivity index (χ1v) is 9.47. The highest BCUT2D eigenvalue weighted by Crippen LogP contribution is 2.37. The molecule has 1 amide bonds. The van der Waals surface area contributed by atoms with Crippen LogP contribution in [0.5, 0.6) is 0 Å². The van der Waals surface area contributed by atoms with Gasteiger partial charge in [-0.25, -0.2) is 0 Å². The third-order valence-electron chi connectivity index (χ3n) is 4.93. The van der Waals surface area contributed by atoms with E-state index in [0.29, 0.717) is 29.1 Å². The van der Waals surface area contributed by atoms with Crippen LogP contribution in [0, 0.1) is 0 Å². The first kappa shape index (κ1) is 19.8. The number of amides is 1. The van der Waals surface area contributed by atoms with Crippen molar-refractivity contribution < 1.29 is 27.0 Å². The largest absolute Gasteiger partial charge is 0.471 e. The fourth-order valence-electron chi connectivity index (χ4n) is 3.45. The minimum atomic E-state index is -4.72. The van der Waals surface area contributed by atoms with Crippen LogP contribution < -0.4 is 4.90 Å². The Bertz CT molecular complexity index is 1250. The summed E-state index contributed by atoms with van der Waals surface area (Å²) in [5.74, 6) is -1.12. The lowest BCUT2D eigenvalue weighted by molar-refractivity contribution is -0.159. The van der Waals surface area contributed by atoms with Gasteiger partial charge in [0.1, 0.15) is 6.04 Å². The van der Waals surface area contributed by atoms with Crippen molar-refractivity contribution >= 4 is 11.6 Å². The van der Waals surface area contributed by atoms with Crippen molar-refractivity contribution in [3.8, 4) is 22.8 Å². The molecule has 1 aliphatic heterocycles. The number of aromatic nitrogens is 5. The SMILES string of the molecule is O=C1CC[C@@H](c2nc(-c3cccnc3)no2)N1c1ccc(-c2noc(C(F)(F)F)n2)cc1. The van der Waals surface area contributed by atoms with E-state index in [2.05, 4.69) is 29.8 Å². The fourth-order valence-corrected chi connectivity index (χ4v) is 3.45. The normalized spacial score (nSPS) is 16.7. The summed E-state index contributed by atoms with van der Waals surface area (Å²) in [4.78, 5) is 25.9. The number of anilines is 1. The monoisotopic (exact) mass is 442 g/mol. The van der Waals surface area contributed by atoms with E-state index in [9.17, 15) is 18.0 Å². The summed E-state index contributed by atoms with van der Waals surface area (Å²) >= 11 is 0. The molecule has 4 heterocycles. The number of hydrogen-bond acceptors (Lipinski definition) is 8. The van der Waals surface area contributed by atoms with E-state index in [1.807, 2.05) is 0 Å². The maximum atomic E-state index is 12.7. The quantitative estimate of drug-likeness (QED) is 0.465. The van der Waals surface area contributed by atoms with E-state index in [-0.39, 0.29) is 24.0 Å². The summed E-state index contributed by atoms with van der Waals surface area (Å²) in [5.41, 5.74) is 1.52. The minimum absolute atomic E-state index is 0.136. The van der Waals surface area contributed by atoms with Crippen molar-refractivity contribution in [2.24, 2.45) is 0 Å². The van der Waals surface area contributed by atoms with Crippen molar-refractivity contribution in [2.45, 2.75) is 25.1 Å². The van der Waals surface area contributed by atoms with Gasteiger partial charge in [-0.15, -0.1) is 0 Å². The molecule has 0 bridgehead atoms. The highest BCUT2D eigenvalue weighted by atomic mass is 19.4. The molecule has 4 aromatic rings. The van der Waals surface area contributed by atoms with Gasteiger partial charge in [0, 0.05) is 35.6 Å². The summed E-state index contributed by atoms with van der Waals surface area (Å²) in [7, 11) is 0. The average molecular weight is 442 g/mol. The van der Waals surface area contributed by atoms with Gasteiger partial charge >= 0.3 is 12.1 Å². The zero-order valence-electron chi connectivity index (χ0n) is 16.2. The number of halogens is 3. The molecule has 12 heteroatoms. The molecule has 3 aromatic heterocycles. The van der Waals surface area contributed by atoms with Gasteiger partial charge in [0.05, 0.1) is 0 Å². The molecule has 32 heavy (non-hydrogen) atoms. The molecule has 9 nitrogen and oxygen atoms in total. The molecule has 0 unspecified atom stereocenters. The summed E-state index contributed by atoms with van der Waals surface area (Å²) in [6.07, 6.45) is -0.720. The molecule has 1 aromatic carbocycles. The second-order valence-electron chi connectivity index (χ2n) is 6.98. The summed E-state index contributed by atoms with van der Waals surface area (Å²) in [5, 5.41) is 7.34. The van der Waals surface area contributed by atoms with Crippen LogP contribution in [-0.4, -0.2) is 31.2 Å². The number of carbonyl (C=O) groups excluding carboxylic acids is 1. The first-order valence-electron chi connectivity index (χ1n) is 9.47. The van der Waals surface area contributed by atoms with Crippen LogP contribution in [0.1, 0.15) is 30.7 Å². The zero-order valence-corrected chi connectivity index (χ0v) is 16.2. The maximum absolute atomic E-state index is 12.7. The van der Waals surface area contributed by atoms with Gasteiger partial charge in [-0.2, -0.15) is 23.1 Å². The minimum Gasteiger partial charge on any atom is -0.337 e. The molecule has 1 atom stereocenters. The van der Waals surface area contributed by atoms with Gasteiger partial charge in [-0.3, -0.25) is 14.7 Å². The zero-order chi connectivity index (χ0) is 22.3. The van der Waals surface area contributed by atoms with E-state index in [1.165, 1.54) is 17.0 Å². The molecular formula is C20H13F3N6O3. The number of nitrogens with zero attached hydrogens (tertiary/aromatic N) is 6. The Morgan fingerprint density at radius 2 is 1.72 bits per heavy atom. The molecule has 0 aliphatic carbocycles. The summed E-state index contributed by atoms with van der Waals surface area (Å²) in [6, 6.07) is 9.28. The van der Waals surface area contributed by atoms with Crippen molar-refractivity contribution in [2.75, 3.05) is 4.90 Å². The summed E-state index contributed by atoms with van der Waals surface area (Å²) < 4.78 is 47.7. The van der Waals surface area contributed by atoms with E-state index in [4.69, 9.17) is 4.52 Å². The van der Waals surface area contributed by atoms with E-state index < -0.39 is 18.1 Å². The van der Waals surface area contributed by atoms with Crippen LogP contribution in [0.25, 0.3) is 22.8 Å². The maximum Gasteiger partial charge on any atom is 0.471 e. The summed E-state index contributed by atoms with van der Waals surface area (Å²) in [6.45, 7) is 0. The number of pyridine rings is 1. The number of rotatable bonds is 4. The Morgan fingerprint density at radius 1 is 0.969 bits per heavy atom. The number of hydrogen-bond donors (Lipinski definition) is 0. The standard InChI is InChI=1S/C20H13F3N6O3/c21-20(22,23)19-26-16(28-32-19)11-3-5-13(6-4-11)29-14(7-8-15(29)30)18-25-17(27-31-18)12-2-1-9-24-10-12/h1-6,9-10,14H,7-8H2/t14-/m0/s1. The molecule has 5 rings (SSSR count). The van der Waals surface area contributed by atoms with E-state index in [0.717, 1.165) is 0 Å². The average Bonchev–Trinajstić information content (AvgIpc) is 3.54. The molecule has 1 fully saturated rings. The van der Waals surface area contributed by atoms with E-state index in [1.54, 1.807) is 36.7 Å². The first-order chi connectivity index (χ1) is 15.4. The van der Waals surface area contributed by atoms with Crippen LogP contribution >= 0.6 is 0 Å². The van der Waals surface area contributed by atoms with Crippen molar-refractivity contribution in [1.82, 2.24) is 25.3 Å². The smallest absolute Gasteiger partial charge is 0.337 e. The second kappa shape index (κ2) is 7.55. The van der Waals surface area contributed by atoms with Crippen molar-refractivity contribution in [3.05, 3.63) is 60.6 Å². The highest BCUT2D eigenvalue weighted by molar-refractivity contribution is 5.96. The topological polar surface area (TPSA) is 111 Å². The molecular weight excluding hydrogens is 429 g/mol. The highest BCUT2D eigenvalue weighted by Gasteiger charge is 2.39. The van der Waals surface area contributed by atoms with Crippen molar-refractivity contribution in [1.29, 1.82) is 0 Å². The molecule has 0 saturated carbocycles. The van der Waals surface area contributed by atoms with Gasteiger partial charge in [-0.1, -0.05) is 10.3 Å². The Hall–Kier alpha value is -4.09. The van der Waals surface area contributed by atoms with Gasteiger partial charge in [0.25, 0.3) is 0 Å². The predicted molar refractivity (Wildman–Crippen MR) is 102 cm³/mol. The van der Waals surface area contributed by atoms with Gasteiger partial charge in [-0.05, 0) is 42.8 Å². The van der Waals surface area contributed by atoms with Crippen LogP contribution in [0.15, 0.2) is 57.8 Å². The molecule has 1 saturated heterocycles. The van der Waals surface area contributed by atoms with Gasteiger partial charge < -0.3 is 9.05 Å². The third kappa shape index (κ3) is 3.59. The van der Waals surface area contributed by atoms with Crippen molar-refractivity contribution in [3.63, 3.8) is 0 Å². The second-order valence-corrected chi connectivity index (χ2v) is 6.98. The van der Waals surface area contributed by atoms with Gasteiger partial charge in [0.15, 0.2) is 0 Å². The predicted octanol–water partition coefficient (Wildman–Crippen LogP) is 4.07. The lowest BCUT2D eigenvalue weighted by atomic mass is 10.1. The Balaban J connectivity index is 1.40. The molecule has 0 radical (unpaired) electrons. The van der Waals surface area contributed by atoms with Crippen LogP contribution in [0.3, 0.4) is 0 Å². The van der Waals surface area contributed by atoms with Crippen LogP contribution in [0.2, 0.25) is 0 Å². The molecule has 162 valence electrons. The lowest BCUT2D eigenvalue weighted by Gasteiger charge is -2.22. The molecule has 0 spiro atoms. The molecule has 0 N–H and O–H groups in total. The van der Waals surface area contributed by atoms with Crippen LogP contribution in [0.4, 0.5) is 18.9 Å². The number of benzene rings is 1.